The molecule has 170 valence electrons. The summed E-state index contributed by atoms with van der Waals surface area (Å²) in [5.74, 6) is -2.36. The Morgan fingerprint density at radius 2 is 1.81 bits per heavy atom. The second-order valence-corrected chi connectivity index (χ2v) is 8.21. The van der Waals surface area contributed by atoms with Gasteiger partial charge in [0.1, 0.15) is 12.1 Å². The van der Waals surface area contributed by atoms with Crippen LogP contribution in [0.2, 0.25) is 0 Å². The van der Waals surface area contributed by atoms with E-state index in [1.807, 2.05) is 19.9 Å². The predicted octanol–water partition coefficient (Wildman–Crippen LogP) is 0.198. The lowest BCUT2D eigenvalue weighted by Gasteiger charge is -2.23. The van der Waals surface area contributed by atoms with Gasteiger partial charge in [-0.25, -0.2) is 4.79 Å². The molecule has 31 heavy (non-hydrogen) atoms. The molecule has 9 nitrogen and oxygen atoms in total. The minimum Gasteiger partial charge on any atom is -0.480 e. The molecule has 2 rings (SSSR count). The predicted molar refractivity (Wildman–Crippen MR) is 115 cm³/mol. The fourth-order valence-electron chi connectivity index (χ4n) is 3.47. The maximum atomic E-state index is 12.8. The molecule has 1 aromatic carbocycles. The number of hydrogen-bond donors (Lipinski definition) is 5. The highest BCUT2D eigenvalue weighted by Gasteiger charge is 2.28. The Kier molecular flexibility index (Phi) is 9.45. The summed E-state index contributed by atoms with van der Waals surface area (Å²) in [5.41, 5.74) is 0.780. The molecule has 1 heterocycles. The van der Waals surface area contributed by atoms with Crippen LogP contribution in [0.25, 0.3) is 0 Å². The van der Waals surface area contributed by atoms with Crippen molar-refractivity contribution in [1.82, 2.24) is 21.3 Å². The van der Waals surface area contributed by atoms with E-state index in [1.54, 1.807) is 24.3 Å². The maximum Gasteiger partial charge on any atom is 0.326 e. The van der Waals surface area contributed by atoms with Gasteiger partial charge in [0.05, 0.1) is 12.6 Å². The van der Waals surface area contributed by atoms with Gasteiger partial charge in [0.25, 0.3) is 0 Å². The fraction of sp³-hybridized carbons (Fsp3) is 0.545. The van der Waals surface area contributed by atoms with Gasteiger partial charge in [-0.3, -0.25) is 14.4 Å². The molecule has 9 heteroatoms. The first-order chi connectivity index (χ1) is 14.8. The van der Waals surface area contributed by atoms with Crippen LogP contribution < -0.4 is 21.3 Å². The zero-order valence-electron chi connectivity index (χ0n) is 18.0. The van der Waals surface area contributed by atoms with Crippen molar-refractivity contribution in [3.63, 3.8) is 0 Å². The van der Waals surface area contributed by atoms with Crippen LogP contribution in [-0.4, -0.2) is 60.0 Å². The number of benzene rings is 1. The summed E-state index contributed by atoms with van der Waals surface area (Å²) in [7, 11) is 0. The van der Waals surface area contributed by atoms with Crippen LogP contribution in [0.3, 0.4) is 0 Å². The van der Waals surface area contributed by atoms with Crippen molar-refractivity contribution in [3.8, 4) is 0 Å². The number of nitrogens with one attached hydrogen (secondary N) is 4. The lowest BCUT2D eigenvalue weighted by atomic mass is 10.0. The molecule has 1 fully saturated rings. The van der Waals surface area contributed by atoms with E-state index in [-0.39, 0.29) is 30.8 Å². The Morgan fingerprint density at radius 3 is 2.39 bits per heavy atom. The Labute approximate surface area is 182 Å². The van der Waals surface area contributed by atoms with Crippen molar-refractivity contribution >= 4 is 23.7 Å². The van der Waals surface area contributed by atoms with Crippen LogP contribution in [-0.2, 0) is 25.6 Å². The molecule has 0 spiro atoms. The Morgan fingerprint density at radius 1 is 1.10 bits per heavy atom. The number of rotatable bonds is 11. The van der Waals surface area contributed by atoms with Crippen molar-refractivity contribution in [2.24, 2.45) is 5.92 Å². The molecule has 1 aliphatic heterocycles. The molecule has 0 aliphatic carbocycles. The topological polar surface area (TPSA) is 137 Å². The van der Waals surface area contributed by atoms with E-state index in [0.29, 0.717) is 6.42 Å². The molecule has 3 amide bonds. The third-order valence-corrected chi connectivity index (χ3v) is 5.06. The number of hydrogen-bond acceptors (Lipinski definition) is 5. The van der Waals surface area contributed by atoms with Crippen LogP contribution in [0.1, 0.15) is 38.7 Å². The molecule has 0 saturated carbocycles. The Balaban J connectivity index is 1.93. The minimum atomic E-state index is -1.15. The van der Waals surface area contributed by atoms with Crippen molar-refractivity contribution in [1.29, 1.82) is 0 Å². The molecular formula is C22H32N4O5. The third kappa shape index (κ3) is 8.37. The first-order valence-electron chi connectivity index (χ1n) is 10.6. The molecule has 3 unspecified atom stereocenters. The quantitative estimate of drug-likeness (QED) is 0.339. The smallest absolute Gasteiger partial charge is 0.326 e. The van der Waals surface area contributed by atoms with Gasteiger partial charge in [-0.2, -0.15) is 0 Å². The van der Waals surface area contributed by atoms with Crippen LogP contribution in [0, 0.1) is 5.92 Å². The fourth-order valence-corrected chi connectivity index (χ4v) is 3.47. The largest absolute Gasteiger partial charge is 0.480 e. The number of carbonyl (C=O) groups is 4. The average molecular weight is 433 g/mol. The van der Waals surface area contributed by atoms with Gasteiger partial charge < -0.3 is 26.4 Å². The molecule has 0 bridgehead atoms. The highest BCUT2D eigenvalue weighted by molar-refractivity contribution is 5.92. The molecule has 5 N–H and O–H groups in total. The van der Waals surface area contributed by atoms with Gasteiger partial charge in [0.15, 0.2) is 0 Å². The third-order valence-electron chi connectivity index (χ3n) is 5.06. The zero-order valence-corrected chi connectivity index (χ0v) is 18.0. The summed E-state index contributed by atoms with van der Waals surface area (Å²) in [6.45, 7) is 4.33. The highest BCUT2D eigenvalue weighted by Crippen LogP contribution is 2.08. The summed E-state index contributed by atoms with van der Waals surface area (Å²) in [4.78, 5) is 48.8. The first kappa shape index (κ1) is 24.3. The zero-order chi connectivity index (χ0) is 22.8. The van der Waals surface area contributed by atoms with Crippen LogP contribution in [0.5, 0.6) is 0 Å². The summed E-state index contributed by atoms with van der Waals surface area (Å²) in [6, 6.07) is 6.70. The Hall–Kier alpha value is -2.94. The van der Waals surface area contributed by atoms with E-state index >= 15 is 0 Å². The molecule has 0 aromatic heterocycles. The van der Waals surface area contributed by atoms with E-state index in [0.717, 1.165) is 24.9 Å². The lowest BCUT2D eigenvalue weighted by Crippen LogP contribution is -2.54. The van der Waals surface area contributed by atoms with Gasteiger partial charge in [-0.15, -0.1) is 0 Å². The number of carboxylic acid groups (broad SMARTS) is 1. The van der Waals surface area contributed by atoms with Gasteiger partial charge in [0.2, 0.25) is 17.7 Å². The monoisotopic (exact) mass is 432 g/mol. The van der Waals surface area contributed by atoms with Gasteiger partial charge >= 0.3 is 5.97 Å². The average Bonchev–Trinajstić information content (AvgIpc) is 3.26. The van der Waals surface area contributed by atoms with Gasteiger partial charge in [-0.1, -0.05) is 44.2 Å². The maximum absolute atomic E-state index is 12.8. The van der Waals surface area contributed by atoms with E-state index in [2.05, 4.69) is 21.3 Å². The summed E-state index contributed by atoms with van der Waals surface area (Å²) in [6.07, 6.45) is 2.11. The van der Waals surface area contributed by atoms with E-state index in [1.165, 1.54) is 0 Å². The molecule has 1 saturated heterocycles. The molecule has 1 aliphatic rings. The van der Waals surface area contributed by atoms with Gasteiger partial charge in [0, 0.05) is 6.42 Å². The standard InChI is InChI=1S/C22H32N4O5/c1-14(2)11-17(25-19(27)13-24-20(28)16-9-6-10-23-16)21(29)26-18(22(30)31)12-15-7-4-3-5-8-15/h3-5,7-8,14,16-18,23H,6,9-13H2,1-2H3,(H,24,28)(H,25,27)(H,26,29)(H,30,31). The lowest BCUT2D eigenvalue weighted by molar-refractivity contribution is -0.142. The van der Waals surface area contributed by atoms with E-state index in [9.17, 15) is 24.3 Å². The van der Waals surface area contributed by atoms with Crippen molar-refractivity contribution in [2.75, 3.05) is 13.1 Å². The van der Waals surface area contributed by atoms with Gasteiger partial charge in [-0.05, 0) is 37.3 Å². The molecule has 1 aromatic rings. The second-order valence-electron chi connectivity index (χ2n) is 8.21. The number of amides is 3. The number of carboxylic acids is 1. The van der Waals surface area contributed by atoms with E-state index in [4.69, 9.17) is 0 Å². The summed E-state index contributed by atoms with van der Waals surface area (Å²) >= 11 is 0. The molecular weight excluding hydrogens is 400 g/mol. The summed E-state index contributed by atoms with van der Waals surface area (Å²) < 4.78 is 0. The first-order valence-corrected chi connectivity index (χ1v) is 10.6. The SMILES string of the molecule is CC(C)CC(NC(=O)CNC(=O)C1CCCN1)C(=O)NC(Cc1ccccc1)C(=O)O. The van der Waals surface area contributed by atoms with Crippen molar-refractivity contribution in [3.05, 3.63) is 35.9 Å². The van der Waals surface area contributed by atoms with Crippen LogP contribution >= 0.6 is 0 Å². The minimum absolute atomic E-state index is 0.0886. The number of aliphatic carboxylic acids is 1. The van der Waals surface area contributed by atoms with E-state index < -0.39 is 29.9 Å². The van der Waals surface area contributed by atoms with Crippen molar-refractivity contribution < 1.29 is 24.3 Å². The highest BCUT2D eigenvalue weighted by atomic mass is 16.4. The molecule has 0 radical (unpaired) electrons. The summed E-state index contributed by atoms with van der Waals surface area (Å²) in [5, 5.41) is 20.3. The number of carbonyl (C=O) groups excluding carboxylic acids is 3. The normalized spacial score (nSPS) is 17.6. The van der Waals surface area contributed by atoms with Crippen LogP contribution in [0.4, 0.5) is 0 Å². The van der Waals surface area contributed by atoms with Crippen LogP contribution in [0.15, 0.2) is 30.3 Å². The second kappa shape index (κ2) is 12.0. The molecule has 3 atom stereocenters. The Bertz CT molecular complexity index is 762. The van der Waals surface area contributed by atoms with Crippen molar-refractivity contribution in [2.45, 2.75) is 57.7 Å².